The topological polar surface area (TPSA) is 29.5 Å². The Morgan fingerprint density at radius 2 is 1.96 bits per heavy atom. The van der Waals surface area contributed by atoms with Crippen LogP contribution in [0.5, 0.6) is 5.75 Å². The van der Waals surface area contributed by atoms with Gasteiger partial charge in [0.25, 0.3) is 0 Å². The predicted molar refractivity (Wildman–Crippen MR) is 101 cm³/mol. The number of ether oxygens (including phenoxy) is 1. The molecule has 1 aliphatic heterocycles. The van der Waals surface area contributed by atoms with Crippen LogP contribution in [-0.2, 0) is 0 Å². The first-order valence-corrected chi connectivity index (χ1v) is 9.47. The third kappa shape index (κ3) is 3.56. The summed E-state index contributed by atoms with van der Waals surface area (Å²) in [4.78, 5) is 13.1. The van der Waals surface area contributed by atoms with E-state index in [9.17, 15) is 9.18 Å². The van der Waals surface area contributed by atoms with Crippen molar-refractivity contribution in [2.45, 2.75) is 37.6 Å². The van der Waals surface area contributed by atoms with Gasteiger partial charge in [-0.3, -0.25) is 4.79 Å². The monoisotopic (exact) mass is 373 g/mol. The van der Waals surface area contributed by atoms with Gasteiger partial charge in [0.05, 0.1) is 16.6 Å². The number of aldehydes is 1. The predicted octanol–water partition coefficient (Wildman–Crippen LogP) is 5.22. The van der Waals surface area contributed by atoms with Gasteiger partial charge in [-0.25, -0.2) is 4.39 Å². The van der Waals surface area contributed by atoms with Crippen LogP contribution in [0.3, 0.4) is 0 Å². The van der Waals surface area contributed by atoms with E-state index in [2.05, 4.69) is 29.2 Å². The molecule has 2 aromatic rings. The second-order valence-electron chi connectivity index (χ2n) is 7.09. The van der Waals surface area contributed by atoms with Gasteiger partial charge in [0.1, 0.15) is 18.2 Å². The Morgan fingerprint density at radius 1 is 1.19 bits per heavy atom. The van der Waals surface area contributed by atoms with E-state index >= 15 is 0 Å². The number of hydrogen-bond acceptors (Lipinski definition) is 3. The van der Waals surface area contributed by atoms with E-state index in [0.29, 0.717) is 12.9 Å². The molecule has 26 heavy (non-hydrogen) atoms. The number of carbonyl (C=O) groups excluding carboxylic acids is 1. The van der Waals surface area contributed by atoms with E-state index in [4.69, 9.17) is 16.3 Å². The largest absolute Gasteiger partial charge is 0.490 e. The number of hydrogen-bond donors (Lipinski definition) is 0. The Balaban J connectivity index is 1.44. The quantitative estimate of drug-likeness (QED) is 0.650. The fraction of sp³-hybridized carbons (Fsp3) is 0.381. The number of benzene rings is 2. The van der Waals surface area contributed by atoms with Crippen molar-refractivity contribution in [3.05, 3.63) is 58.4 Å². The van der Waals surface area contributed by atoms with Crippen molar-refractivity contribution in [3.63, 3.8) is 0 Å². The molecular weight excluding hydrogens is 353 g/mol. The maximum absolute atomic E-state index is 13.8. The first-order chi connectivity index (χ1) is 12.7. The first-order valence-electron chi connectivity index (χ1n) is 9.09. The highest BCUT2D eigenvalue weighted by Gasteiger charge is 2.27. The second kappa shape index (κ2) is 7.28. The lowest BCUT2D eigenvalue weighted by Crippen LogP contribution is -2.34. The van der Waals surface area contributed by atoms with Crippen molar-refractivity contribution in [1.82, 2.24) is 0 Å². The second-order valence-corrected chi connectivity index (χ2v) is 7.50. The Hall–Kier alpha value is -2.07. The molecular formula is C21H21ClFNO2. The molecule has 2 aromatic carbocycles. The third-order valence-corrected chi connectivity index (χ3v) is 5.56. The molecule has 1 aliphatic carbocycles. The first kappa shape index (κ1) is 17.3. The Bertz CT molecular complexity index is 804. The van der Waals surface area contributed by atoms with Gasteiger partial charge in [0.2, 0.25) is 0 Å². The highest BCUT2D eigenvalue weighted by Crippen LogP contribution is 2.40. The van der Waals surface area contributed by atoms with Crippen LogP contribution in [0.25, 0.3) is 0 Å². The van der Waals surface area contributed by atoms with Crippen LogP contribution < -0.4 is 9.64 Å². The fourth-order valence-corrected chi connectivity index (χ4v) is 3.86. The smallest absolute Gasteiger partial charge is 0.153 e. The van der Waals surface area contributed by atoms with E-state index < -0.39 is 5.82 Å². The van der Waals surface area contributed by atoms with Crippen molar-refractivity contribution in [2.24, 2.45) is 0 Å². The maximum Gasteiger partial charge on any atom is 0.153 e. The maximum atomic E-state index is 13.8. The summed E-state index contributed by atoms with van der Waals surface area (Å²) in [5.41, 5.74) is 2.58. The molecule has 3 nitrogen and oxygen atoms in total. The molecule has 1 heterocycles. The highest BCUT2D eigenvalue weighted by molar-refractivity contribution is 6.32. The van der Waals surface area contributed by atoms with Crippen LogP contribution >= 0.6 is 11.6 Å². The van der Waals surface area contributed by atoms with E-state index in [1.807, 2.05) is 0 Å². The van der Waals surface area contributed by atoms with Gasteiger partial charge in [-0.05, 0) is 55.4 Å². The molecule has 0 bridgehead atoms. The zero-order valence-electron chi connectivity index (χ0n) is 14.5. The third-order valence-electron chi connectivity index (χ3n) is 5.26. The average Bonchev–Trinajstić information content (AvgIpc) is 3.40. The molecule has 0 radical (unpaired) electrons. The normalized spacial score (nSPS) is 19.6. The van der Waals surface area contributed by atoms with Crippen molar-refractivity contribution >= 4 is 23.6 Å². The Morgan fingerprint density at radius 3 is 2.65 bits per heavy atom. The summed E-state index contributed by atoms with van der Waals surface area (Å²) in [7, 11) is 0. The van der Waals surface area contributed by atoms with Crippen LogP contribution in [0.4, 0.5) is 10.1 Å². The molecule has 2 fully saturated rings. The molecule has 136 valence electrons. The zero-order chi connectivity index (χ0) is 18.1. The number of rotatable bonds is 6. The van der Waals surface area contributed by atoms with E-state index in [1.54, 1.807) is 0 Å². The number of carbonyl (C=O) groups is 1. The number of nitrogens with zero attached hydrogens (tertiary/aromatic N) is 1. The molecule has 1 unspecified atom stereocenters. The van der Waals surface area contributed by atoms with E-state index in [1.165, 1.54) is 36.2 Å². The van der Waals surface area contributed by atoms with Gasteiger partial charge in [-0.1, -0.05) is 23.7 Å². The summed E-state index contributed by atoms with van der Waals surface area (Å²) < 4.78 is 19.6. The molecule has 0 amide bonds. The van der Waals surface area contributed by atoms with Gasteiger partial charge in [-0.2, -0.15) is 0 Å². The molecule has 1 saturated carbocycles. The SMILES string of the molecule is O=Cc1cc(Cl)c(OCC2CCCN2c2ccc(C3CC3)cc2)cc1F. The van der Waals surface area contributed by atoms with Crippen LogP contribution in [0.2, 0.25) is 5.02 Å². The van der Waals surface area contributed by atoms with Gasteiger partial charge in [0, 0.05) is 18.3 Å². The number of anilines is 1. The lowest BCUT2D eigenvalue weighted by molar-refractivity contribution is 0.111. The minimum atomic E-state index is -0.613. The van der Waals surface area contributed by atoms with Gasteiger partial charge < -0.3 is 9.64 Å². The molecule has 1 saturated heterocycles. The Labute approximate surface area is 157 Å². The van der Waals surface area contributed by atoms with E-state index in [0.717, 1.165) is 25.3 Å². The molecule has 0 spiro atoms. The average molecular weight is 374 g/mol. The minimum absolute atomic E-state index is 0.0550. The summed E-state index contributed by atoms with van der Waals surface area (Å²) in [5, 5.41) is 0.256. The molecule has 2 aliphatic rings. The summed E-state index contributed by atoms with van der Waals surface area (Å²) in [5.74, 6) is 0.428. The minimum Gasteiger partial charge on any atom is -0.490 e. The standard InChI is InChI=1S/C21H21ClFNO2/c22-19-10-16(12-25)20(23)11-21(19)26-13-18-2-1-9-24(18)17-7-5-15(6-8-17)14-3-4-14/h5-8,10-12,14,18H,1-4,9,13H2. The van der Waals surface area contributed by atoms with Crippen LogP contribution in [0.15, 0.2) is 36.4 Å². The lowest BCUT2D eigenvalue weighted by atomic mass is 10.1. The van der Waals surface area contributed by atoms with Gasteiger partial charge >= 0.3 is 0 Å². The van der Waals surface area contributed by atoms with Crippen LogP contribution in [0.1, 0.15) is 47.5 Å². The van der Waals surface area contributed by atoms with Crippen molar-refractivity contribution in [1.29, 1.82) is 0 Å². The molecule has 0 aromatic heterocycles. The van der Waals surface area contributed by atoms with Gasteiger partial charge in [0.15, 0.2) is 6.29 Å². The van der Waals surface area contributed by atoms with Crippen LogP contribution in [0, 0.1) is 5.82 Å². The summed E-state index contributed by atoms with van der Waals surface area (Å²) in [6.45, 7) is 1.42. The number of halogens is 2. The summed E-state index contributed by atoms with van der Waals surface area (Å²) >= 11 is 6.11. The summed E-state index contributed by atoms with van der Waals surface area (Å²) in [6.07, 6.45) is 5.19. The molecule has 1 atom stereocenters. The Kier molecular flexibility index (Phi) is 4.86. The molecule has 5 heteroatoms. The van der Waals surface area contributed by atoms with Crippen molar-refractivity contribution in [3.8, 4) is 5.75 Å². The summed E-state index contributed by atoms with van der Waals surface area (Å²) in [6, 6.07) is 11.6. The van der Waals surface area contributed by atoms with Crippen molar-refractivity contribution < 1.29 is 13.9 Å². The van der Waals surface area contributed by atoms with Gasteiger partial charge in [-0.15, -0.1) is 0 Å². The zero-order valence-corrected chi connectivity index (χ0v) is 15.2. The van der Waals surface area contributed by atoms with E-state index in [-0.39, 0.29) is 22.4 Å². The van der Waals surface area contributed by atoms with Crippen LogP contribution in [-0.4, -0.2) is 25.5 Å². The van der Waals surface area contributed by atoms with Crippen molar-refractivity contribution in [2.75, 3.05) is 18.1 Å². The molecule has 0 N–H and O–H groups in total. The highest BCUT2D eigenvalue weighted by atomic mass is 35.5. The fourth-order valence-electron chi connectivity index (χ4n) is 3.63. The molecule has 4 rings (SSSR count). The lowest BCUT2D eigenvalue weighted by Gasteiger charge is -2.27.